The summed E-state index contributed by atoms with van der Waals surface area (Å²) in [5, 5.41) is 13.9. The number of hydrogen-bond donors (Lipinski definition) is 2. The lowest BCUT2D eigenvalue weighted by molar-refractivity contribution is 0.475. The van der Waals surface area contributed by atoms with Gasteiger partial charge in [-0.2, -0.15) is 0 Å². The zero-order chi connectivity index (χ0) is 21.4. The predicted molar refractivity (Wildman–Crippen MR) is 130 cm³/mol. The molecule has 1 fully saturated rings. The molecule has 2 N–H and O–H groups in total. The Kier molecular flexibility index (Phi) is 5.21. The molecule has 0 bridgehead atoms. The predicted octanol–water partition coefficient (Wildman–Crippen LogP) is 5.52. The molecular formula is C24H19BrN4OS. The third-order valence-corrected chi connectivity index (χ3v) is 6.26. The van der Waals surface area contributed by atoms with E-state index in [0.29, 0.717) is 5.11 Å². The van der Waals surface area contributed by atoms with Gasteiger partial charge < -0.3 is 19.9 Å². The molecule has 7 heteroatoms. The zero-order valence-electron chi connectivity index (χ0n) is 16.4. The van der Waals surface area contributed by atoms with Gasteiger partial charge >= 0.3 is 0 Å². The third-order valence-electron chi connectivity index (χ3n) is 5.41. The van der Waals surface area contributed by atoms with Crippen LogP contribution in [0.15, 0.2) is 95.7 Å². The number of phenolic OH excluding ortho intramolecular Hbond substituents is 1. The van der Waals surface area contributed by atoms with Crippen LogP contribution in [0.5, 0.6) is 5.75 Å². The Labute approximate surface area is 194 Å². The Morgan fingerprint density at radius 3 is 2.35 bits per heavy atom. The number of thiocarbonyl (C=S) groups is 1. The Balaban J connectivity index is 1.66. The van der Waals surface area contributed by atoms with E-state index in [1.54, 1.807) is 18.3 Å². The minimum absolute atomic E-state index is 0.118. The second-order valence-electron chi connectivity index (χ2n) is 7.29. The number of benzene rings is 2. The second kappa shape index (κ2) is 8.17. The van der Waals surface area contributed by atoms with Crippen LogP contribution in [0.3, 0.4) is 0 Å². The van der Waals surface area contributed by atoms with Gasteiger partial charge in [0.05, 0.1) is 11.7 Å². The van der Waals surface area contributed by atoms with Gasteiger partial charge in [-0.1, -0.05) is 22.0 Å². The van der Waals surface area contributed by atoms with Crippen LogP contribution in [0.2, 0.25) is 0 Å². The van der Waals surface area contributed by atoms with Crippen molar-refractivity contribution >= 4 is 38.9 Å². The number of nitrogens with one attached hydrogen (secondary N) is 1. The van der Waals surface area contributed by atoms with E-state index in [4.69, 9.17) is 12.2 Å². The fourth-order valence-electron chi connectivity index (χ4n) is 4.02. The first-order valence-corrected chi connectivity index (χ1v) is 11.0. The first-order chi connectivity index (χ1) is 15.1. The number of nitrogens with zero attached hydrogens (tertiary/aromatic N) is 3. The van der Waals surface area contributed by atoms with E-state index in [1.807, 2.05) is 54.7 Å². The van der Waals surface area contributed by atoms with Crippen LogP contribution in [0, 0.1) is 0 Å². The van der Waals surface area contributed by atoms with Crippen molar-refractivity contribution in [1.29, 1.82) is 0 Å². The summed E-state index contributed by atoms with van der Waals surface area (Å²) in [6, 6.07) is 25.2. The fourth-order valence-corrected chi connectivity index (χ4v) is 4.63. The number of halogens is 1. The first kappa shape index (κ1) is 19.8. The summed E-state index contributed by atoms with van der Waals surface area (Å²) in [7, 11) is 0. The maximum Gasteiger partial charge on any atom is 0.174 e. The van der Waals surface area contributed by atoms with E-state index in [-0.39, 0.29) is 17.8 Å². The summed E-state index contributed by atoms with van der Waals surface area (Å²) in [6.07, 6.45) is 3.83. The molecule has 2 aromatic carbocycles. The Morgan fingerprint density at radius 2 is 1.65 bits per heavy atom. The van der Waals surface area contributed by atoms with Gasteiger partial charge in [-0.05, 0) is 85.0 Å². The molecule has 1 saturated heterocycles. The van der Waals surface area contributed by atoms with Crippen molar-refractivity contribution in [1.82, 2.24) is 14.9 Å². The van der Waals surface area contributed by atoms with Crippen LogP contribution in [0.4, 0.5) is 5.69 Å². The molecule has 1 aliphatic heterocycles. The van der Waals surface area contributed by atoms with Gasteiger partial charge in [0.15, 0.2) is 5.11 Å². The van der Waals surface area contributed by atoms with Crippen LogP contribution in [-0.2, 0) is 0 Å². The largest absolute Gasteiger partial charge is 0.508 e. The summed E-state index contributed by atoms with van der Waals surface area (Å²) in [6.45, 7) is 0. The lowest BCUT2D eigenvalue weighted by Gasteiger charge is -2.29. The highest BCUT2D eigenvalue weighted by atomic mass is 79.9. The van der Waals surface area contributed by atoms with Crippen molar-refractivity contribution in [2.24, 2.45) is 0 Å². The van der Waals surface area contributed by atoms with E-state index >= 15 is 0 Å². The molecule has 0 saturated carbocycles. The van der Waals surface area contributed by atoms with Gasteiger partial charge in [-0.3, -0.25) is 4.98 Å². The van der Waals surface area contributed by atoms with Crippen molar-refractivity contribution < 1.29 is 5.11 Å². The SMILES string of the molecule is Oc1ccc(-n2cccc2[C@H]2[C@H](c3ccccn3)NC(=S)N2c2ccc(Br)cc2)cc1. The Morgan fingerprint density at radius 1 is 0.903 bits per heavy atom. The summed E-state index contributed by atoms with van der Waals surface area (Å²) < 4.78 is 3.14. The number of aromatic hydroxyl groups is 1. The molecule has 0 aliphatic carbocycles. The highest BCUT2D eigenvalue weighted by molar-refractivity contribution is 9.10. The number of hydrogen-bond acceptors (Lipinski definition) is 3. The third kappa shape index (κ3) is 3.71. The molecule has 0 unspecified atom stereocenters. The van der Waals surface area contributed by atoms with Gasteiger partial charge in [0.2, 0.25) is 0 Å². The van der Waals surface area contributed by atoms with Crippen molar-refractivity contribution in [3.05, 3.63) is 107 Å². The van der Waals surface area contributed by atoms with E-state index in [9.17, 15) is 5.11 Å². The van der Waals surface area contributed by atoms with Gasteiger partial charge in [0.25, 0.3) is 0 Å². The van der Waals surface area contributed by atoms with Crippen molar-refractivity contribution in [3.8, 4) is 11.4 Å². The van der Waals surface area contributed by atoms with Crippen LogP contribution < -0.4 is 10.2 Å². The molecular weight excluding hydrogens is 472 g/mol. The summed E-state index contributed by atoms with van der Waals surface area (Å²) in [5.41, 5.74) is 3.96. The maximum absolute atomic E-state index is 9.72. The number of aromatic nitrogens is 2. The van der Waals surface area contributed by atoms with Crippen molar-refractivity contribution in [2.75, 3.05) is 4.90 Å². The lowest BCUT2D eigenvalue weighted by atomic mass is 10.0. The molecule has 3 heterocycles. The van der Waals surface area contributed by atoms with E-state index < -0.39 is 0 Å². The molecule has 2 aromatic heterocycles. The minimum Gasteiger partial charge on any atom is -0.508 e. The minimum atomic E-state index is -0.122. The molecule has 0 radical (unpaired) electrons. The zero-order valence-corrected chi connectivity index (χ0v) is 18.8. The van der Waals surface area contributed by atoms with Gasteiger partial charge in [0.1, 0.15) is 11.8 Å². The van der Waals surface area contributed by atoms with Crippen molar-refractivity contribution in [2.45, 2.75) is 12.1 Å². The monoisotopic (exact) mass is 490 g/mol. The summed E-state index contributed by atoms with van der Waals surface area (Å²) >= 11 is 9.31. The van der Waals surface area contributed by atoms with Crippen LogP contribution in [0.25, 0.3) is 5.69 Å². The smallest absolute Gasteiger partial charge is 0.174 e. The van der Waals surface area contributed by atoms with E-state index in [0.717, 1.165) is 27.2 Å². The molecule has 1 aliphatic rings. The molecule has 0 amide bonds. The molecule has 4 aromatic rings. The maximum atomic E-state index is 9.72. The molecule has 31 heavy (non-hydrogen) atoms. The summed E-state index contributed by atoms with van der Waals surface area (Å²) in [5.74, 6) is 0.240. The molecule has 5 rings (SSSR count). The normalized spacial score (nSPS) is 18.2. The van der Waals surface area contributed by atoms with Gasteiger partial charge in [-0.15, -0.1) is 0 Å². The summed E-state index contributed by atoms with van der Waals surface area (Å²) in [4.78, 5) is 6.76. The number of rotatable bonds is 4. The fraction of sp³-hybridized carbons (Fsp3) is 0.0833. The standard InChI is InChI=1S/C24H19BrN4OS/c25-16-6-8-18(9-7-16)29-23(22(27-24(29)31)20-4-1-2-14-26-20)21-5-3-15-28(21)17-10-12-19(30)13-11-17/h1-15,22-23,30H,(H,27,31)/t22-,23-/m0/s1. The highest BCUT2D eigenvalue weighted by Crippen LogP contribution is 2.42. The van der Waals surface area contributed by atoms with E-state index in [2.05, 4.69) is 53.9 Å². The second-order valence-corrected chi connectivity index (χ2v) is 8.59. The lowest BCUT2D eigenvalue weighted by Crippen LogP contribution is -2.30. The van der Waals surface area contributed by atoms with Crippen LogP contribution in [-0.4, -0.2) is 19.8 Å². The van der Waals surface area contributed by atoms with Gasteiger partial charge in [-0.25, -0.2) is 0 Å². The molecule has 0 spiro atoms. The molecule has 154 valence electrons. The van der Waals surface area contributed by atoms with Crippen LogP contribution in [0.1, 0.15) is 23.5 Å². The topological polar surface area (TPSA) is 53.3 Å². The van der Waals surface area contributed by atoms with Crippen molar-refractivity contribution in [3.63, 3.8) is 0 Å². The number of phenols is 1. The average Bonchev–Trinajstić information content (AvgIpc) is 3.40. The average molecular weight is 491 g/mol. The quantitative estimate of drug-likeness (QED) is 0.369. The van der Waals surface area contributed by atoms with Crippen LogP contribution >= 0.6 is 28.1 Å². The number of anilines is 1. The first-order valence-electron chi connectivity index (χ1n) is 9.85. The number of pyridine rings is 1. The highest BCUT2D eigenvalue weighted by Gasteiger charge is 2.42. The molecule has 5 nitrogen and oxygen atoms in total. The Bertz CT molecular complexity index is 1210. The van der Waals surface area contributed by atoms with Gasteiger partial charge in [0, 0.05) is 33.9 Å². The molecule has 2 atom stereocenters. The van der Waals surface area contributed by atoms with E-state index in [1.165, 1.54) is 0 Å². The Hall–Kier alpha value is -3.16.